The van der Waals surface area contributed by atoms with Gasteiger partial charge < -0.3 is 9.72 Å². The second-order valence-electron chi connectivity index (χ2n) is 5.24. The molecule has 1 heterocycles. The maximum absolute atomic E-state index is 11.6. The number of esters is 1. The number of hydrogen-bond donors (Lipinski definition) is 2. The van der Waals surface area contributed by atoms with E-state index in [-0.39, 0.29) is 22.6 Å². The van der Waals surface area contributed by atoms with E-state index in [4.69, 9.17) is 9.88 Å². The topological polar surface area (TPSA) is 102 Å². The summed E-state index contributed by atoms with van der Waals surface area (Å²) in [4.78, 5) is 14.0. The quantitative estimate of drug-likeness (QED) is 0.807. The van der Waals surface area contributed by atoms with Crippen molar-refractivity contribution in [3.05, 3.63) is 18.0 Å². The number of carbonyl (C=O) groups excluding carboxylic acids is 1. The smallest absolute Gasteiger partial charge is 0.354 e. The number of rotatable bonds is 4. The minimum Gasteiger partial charge on any atom is -0.461 e. The number of sulfonamides is 1. The van der Waals surface area contributed by atoms with E-state index in [2.05, 4.69) is 4.98 Å². The van der Waals surface area contributed by atoms with E-state index in [0.29, 0.717) is 0 Å². The first-order valence-electron chi connectivity index (χ1n) is 5.48. The SMILES string of the molecule is CC(C)(C)CCOC(=O)c1cc(S(N)(=O)=O)c[nH]1. The predicted molar refractivity (Wildman–Crippen MR) is 66.5 cm³/mol. The Morgan fingerprint density at radius 3 is 2.50 bits per heavy atom. The van der Waals surface area contributed by atoms with Crippen LogP contribution in [0.3, 0.4) is 0 Å². The fourth-order valence-electron chi connectivity index (χ4n) is 1.18. The molecule has 18 heavy (non-hydrogen) atoms. The molecule has 0 aliphatic rings. The Morgan fingerprint density at radius 1 is 1.44 bits per heavy atom. The molecule has 0 saturated heterocycles. The highest BCUT2D eigenvalue weighted by Gasteiger charge is 2.17. The number of ether oxygens (including phenoxy) is 1. The van der Waals surface area contributed by atoms with Crippen LogP contribution in [0.25, 0.3) is 0 Å². The number of carbonyl (C=O) groups is 1. The molecule has 1 aromatic heterocycles. The lowest BCUT2D eigenvalue weighted by Crippen LogP contribution is -2.13. The third-order valence-electron chi connectivity index (χ3n) is 2.29. The fraction of sp³-hybridized carbons (Fsp3) is 0.545. The Hall–Kier alpha value is -1.34. The van der Waals surface area contributed by atoms with Crippen molar-refractivity contribution in [3.8, 4) is 0 Å². The number of aromatic nitrogens is 1. The van der Waals surface area contributed by atoms with Gasteiger partial charge in [0, 0.05) is 6.20 Å². The van der Waals surface area contributed by atoms with Crippen LogP contribution in [0.2, 0.25) is 0 Å². The monoisotopic (exact) mass is 274 g/mol. The summed E-state index contributed by atoms with van der Waals surface area (Å²) >= 11 is 0. The predicted octanol–water partition coefficient (Wildman–Crippen LogP) is 1.26. The Labute approximate surface area is 107 Å². The summed E-state index contributed by atoms with van der Waals surface area (Å²) < 4.78 is 27.1. The van der Waals surface area contributed by atoms with E-state index in [9.17, 15) is 13.2 Å². The van der Waals surface area contributed by atoms with E-state index < -0.39 is 16.0 Å². The summed E-state index contributed by atoms with van der Waals surface area (Å²) in [6, 6.07) is 1.16. The zero-order valence-electron chi connectivity index (χ0n) is 10.7. The summed E-state index contributed by atoms with van der Waals surface area (Å²) in [5.41, 5.74) is 0.148. The van der Waals surface area contributed by atoms with Gasteiger partial charge in [-0.25, -0.2) is 18.4 Å². The van der Waals surface area contributed by atoms with Crippen LogP contribution < -0.4 is 5.14 Å². The maximum Gasteiger partial charge on any atom is 0.354 e. The van der Waals surface area contributed by atoms with E-state index in [1.54, 1.807) is 0 Å². The first kappa shape index (κ1) is 14.7. The third kappa shape index (κ3) is 4.50. The Bertz CT molecular complexity index is 525. The average molecular weight is 274 g/mol. The largest absolute Gasteiger partial charge is 0.461 e. The molecule has 0 bridgehead atoms. The van der Waals surface area contributed by atoms with Crippen molar-refractivity contribution in [2.75, 3.05) is 6.61 Å². The minimum absolute atomic E-state index is 0.0712. The van der Waals surface area contributed by atoms with Gasteiger partial charge in [0.05, 0.1) is 6.61 Å². The first-order chi connectivity index (χ1) is 8.09. The van der Waals surface area contributed by atoms with Crippen molar-refractivity contribution in [1.29, 1.82) is 0 Å². The lowest BCUT2D eigenvalue weighted by molar-refractivity contribution is 0.0458. The Kier molecular flexibility index (Phi) is 4.18. The summed E-state index contributed by atoms with van der Waals surface area (Å²) in [5, 5.41) is 4.93. The Morgan fingerprint density at radius 2 is 2.06 bits per heavy atom. The highest BCUT2D eigenvalue weighted by Crippen LogP contribution is 2.18. The number of nitrogens with one attached hydrogen (secondary N) is 1. The van der Waals surface area contributed by atoms with Crippen LogP contribution in [0.4, 0.5) is 0 Å². The first-order valence-corrected chi connectivity index (χ1v) is 7.02. The normalized spacial score (nSPS) is 12.4. The molecule has 0 radical (unpaired) electrons. The summed E-state index contributed by atoms with van der Waals surface area (Å²) in [5.74, 6) is -0.589. The number of aromatic amines is 1. The number of nitrogens with two attached hydrogens (primary N) is 1. The highest BCUT2D eigenvalue weighted by atomic mass is 32.2. The molecule has 0 aliphatic heterocycles. The van der Waals surface area contributed by atoms with Crippen molar-refractivity contribution in [1.82, 2.24) is 4.98 Å². The molecule has 1 aromatic rings. The van der Waals surface area contributed by atoms with Gasteiger partial charge in [-0.1, -0.05) is 20.8 Å². The van der Waals surface area contributed by atoms with Crippen LogP contribution in [0.5, 0.6) is 0 Å². The second-order valence-corrected chi connectivity index (χ2v) is 6.80. The second kappa shape index (κ2) is 5.11. The molecule has 0 fully saturated rings. The van der Waals surface area contributed by atoms with Crippen molar-refractivity contribution >= 4 is 16.0 Å². The summed E-state index contributed by atoms with van der Waals surface area (Å²) in [6.07, 6.45) is 1.89. The van der Waals surface area contributed by atoms with Crippen molar-refractivity contribution < 1.29 is 17.9 Å². The Balaban J connectivity index is 2.61. The number of H-pyrrole nitrogens is 1. The number of hydrogen-bond acceptors (Lipinski definition) is 4. The lowest BCUT2D eigenvalue weighted by Gasteiger charge is -2.17. The molecule has 6 nitrogen and oxygen atoms in total. The van der Waals surface area contributed by atoms with Crippen LogP contribution in [0, 0.1) is 5.41 Å². The lowest BCUT2D eigenvalue weighted by atomic mass is 9.93. The average Bonchev–Trinajstić information content (AvgIpc) is 2.62. The van der Waals surface area contributed by atoms with E-state index in [1.807, 2.05) is 20.8 Å². The molecular formula is C11H18N2O4S. The third-order valence-corrected chi connectivity index (χ3v) is 3.18. The van der Waals surface area contributed by atoms with E-state index >= 15 is 0 Å². The standard InChI is InChI=1S/C11H18N2O4S/c1-11(2,3)4-5-17-10(14)9-6-8(7-13-9)18(12,15)16/h6-7,13H,4-5H2,1-3H3,(H2,12,15,16). The van der Waals surface area contributed by atoms with Gasteiger partial charge in [0.25, 0.3) is 0 Å². The molecule has 7 heteroatoms. The summed E-state index contributed by atoms with van der Waals surface area (Å²) in [7, 11) is -3.80. The van der Waals surface area contributed by atoms with Crippen LogP contribution in [0.1, 0.15) is 37.7 Å². The van der Waals surface area contributed by atoms with Gasteiger partial charge in [0.2, 0.25) is 10.0 Å². The minimum atomic E-state index is -3.80. The van der Waals surface area contributed by atoms with Gasteiger partial charge in [-0.3, -0.25) is 0 Å². The van der Waals surface area contributed by atoms with Gasteiger partial charge in [-0.05, 0) is 17.9 Å². The van der Waals surface area contributed by atoms with Gasteiger partial charge in [-0.2, -0.15) is 0 Å². The molecule has 0 aliphatic carbocycles. The van der Waals surface area contributed by atoms with Crippen LogP contribution in [-0.4, -0.2) is 26.0 Å². The van der Waals surface area contributed by atoms with E-state index in [0.717, 1.165) is 18.7 Å². The molecule has 1 rings (SSSR count). The van der Waals surface area contributed by atoms with Gasteiger partial charge >= 0.3 is 5.97 Å². The van der Waals surface area contributed by atoms with Crippen molar-refractivity contribution in [3.63, 3.8) is 0 Å². The molecule has 0 amide bonds. The van der Waals surface area contributed by atoms with Crippen molar-refractivity contribution in [2.45, 2.75) is 32.1 Å². The van der Waals surface area contributed by atoms with Gasteiger partial charge in [0.1, 0.15) is 10.6 Å². The van der Waals surface area contributed by atoms with Gasteiger partial charge in [0.15, 0.2) is 0 Å². The van der Waals surface area contributed by atoms with Crippen molar-refractivity contribution in [2.24, 2.45) is 10.6 Å². The van der Waals surface area contributed by atoms with E-state index in [1.165, 1.54) is 0 Å². The molecule has 3 N–H and O–H groups in total. The molecule has 0 aromatic carbocycles. The highest BCUT2D eigenvalue weighted by molar-refractivity contribution is 7.89. The molecule has 102 valence electrons. The molecule has 0 atom stereocenters. The zero-order chi connectivity index (χ0) is 14.0. The van der Waals surface area contributed by atoms with Gasteiger partial charge in [-0.15, -0.1) is 0 Å². The molecule has 0 saturated carbocycles. The molecule has 0 unspecified atom stereocenters. The fourth-order valence-corrected chi connectivity index (χ4v) is 1.69. The zero-order valence-corrected chi connectivity index (χ0v) is 11.5. The molecular weight excluding hydrogens is 256 g/mol. The molecule has 0 spiro atoms. The van der Waals surface area contributed by atoms with Crippen LogP contribution in [0.15, 0.2) is 17.2 Å². The van der Waals surface area contributed by atoms with Crippen LogP contribution >= 0.6 is 0 Å². The summed E-state index contributed by atoms with van der Waals surface area (Å²) in [6.45, 7) is 6.39. The maximum atomic E-state index is 11.6. The number of primary sulfonamides is 1. The van der Waals surface area contributed by atoms with Crippen LogP contribution in [-0.2, 0) is 14.8 Å².